The third kappa shape index (κ3) is 2.38. The molecule has 9 heteroatoms. The highest BCUT2D eigenvalue weighted by Gasteiger charge is 2.15. The Morgan fingerprint density at radius 1 is 1.15 bits per heavy atom. The minimum Gasteiger partial charge on any atom is -0.334 e. The van der Waals surface area contributed by atoms with E-state index in [0.29, 0.717) is 5.69 Å². The third-order valence-electron chi connectivity index (χ3n) is 2.57. The molecule has 0 spiro atoms. The molecule has 0 saturated carbocycles. The number of aromatic nitrogens is 5. The highest BCUT2D eigenvalue weighted by molar-refractivity contribution is 7.92. The van der Waals surface area contributed by atoms with Crippen molar-refractivity contribution < 1.29 is 8.42 Å². The lowest BCUT2D eigenvalue weighted by molar-refractivity contribution is 0.598. The fourth-order valence-corrected chi connectivity index (χ4v) is 2.59. The van der Waals surface area contributed by atoms with Crippen LogP contribution in [0.4, 0.5) is 5.69 Å². The first kappa shape index (κ1) is 12.4. The minimum atomic E-state index is -3.64. The second kappa shape index (κ2) is 4.78. The lowest BCUT2D eigenvalue weighted by Gasteiger charge is -2.07. The second-order valence-corrected chi connectivity index (χ2v) is 5.56. The van der Waals surface area contributed by atoms with Crippen molar-refractivity contribution in [3.05, 3.63) is 49.4 Å². The summed E-state index contributed by atoms with van der Waals surface area (Å²) in [6, 6.07) is 6.76. The zero-order valence-corrected chi connectivity index (χ0v) is 10.9. The molecule has 0 atom stereocenters. The molecule has 2 N–H and O–H groups in total. The predicted octanol–water partition coefficient (Wildman–Crippen LogP) is 0.791. The van der Waals surface area contributed by atoms with Crippen LogP contribution in [-0.4, -0.2) is 33.2 Å². The van der Waals surface area contributed by atoms with Gasteiger partial charge in [0, 0.05) is 5.69 Å². The van der Waals surface area contributed by atoms with Gasteiger partial charge >= 0.3 is 0 Å². The molecule has 0 bridgehead atoms. The molecule has 0 unspecified atom stereocenters. The van der Waals surface area contributed by atoms with Gasteiger partial charge in [0.1, 0.15) is 12.7 Å². The number of hydrogen-bond donors (Lipinski definition) is 2. The van der Waals surface area contributed by atoms with E-state index in [1.165, 1.54) is 18.9 Å². The average molecular weight is 290 g/mol. The van der Waals surface area contributed by atoms with Crippen molar-refractivity contribution in [2.45, 2.75) is 5.03 Å². The minimum absolute atomic E-state index is 0.0119. The summed E-state index contributed by atoms with van der Waals surface area (Å²) in [4.78, 5) is 10.1. The molecule has 0 amide bonds. The summed E-state index contributed by atoms with van der Waals surface area (Å²) >= 11 is 0. The molecule has 0 saturated heterocycles. The fraction of sp³-hybridized carbons (Fsp3) is 0. The molecule has 102 valence electrons. The maximum Gasteiger partial charge on any atom is 0.278 e. The van der Waals surface area contributed by atoms with E-state index in [0.717, 1.165) is 5.69 Å². The highest BCUT2D eigenvalue weighted by atomic mass is 32.2. The monoisotopic (exact) mass is 290 g/mol. The molecular formula is C11H10N6O2S. The van der Waals surface area contributed by atoms with Gasteiger partial charge in [0.2, 0.25) is 0 Å². The Bertz CT molecular complexity index is 778. The molecule has 0 aliphatic heterocycles. The van der Waals surface area contributed by atoms with E-state index in [2.05, 4.69) is 24.8 Å². The summed E-state index contributed by atoms with van der Waals surface area (Å²) in [5, 5.41) is 4.00. The maximum atomic E-state index is 12.0. The molecule has 0 aliphatic rings. The lowest BCUT2D eigenvalue weighted by Crippen LogP contribution is -2.13. The summed E-state index contributed by atoms with van der Waals surface area (Å²) in [5.74, 6) is 0. The van der Waals surface area contributed by atoms with Crippen LogP contribution in [0.3, 0.4) is 0 Å². The number of hydrogen-bond acceptors (Lipinski definition) is 5. The van der Waals surface area contributed by atoms with Gasteiger partial charge in [-0.3, -0.25) is 4.72 Å². The van der Waals surface area contributed by atoms with Crippen LogP contribution in [0.1, 0.15) is 0 Å². The first-order valence-electron chi connectivity index (χ1n) is 5.61. The molecule has 0 fully saturated rings. The quantitative estimate of drug-likeness (QED) is 0.739. The molecular weight excluding hydrogens is 280 g/mol. The van der Waals surface area contributed by atoms with Crippen molar-refractivity contribution in [2.75, 3.05) is 4.72 Å². The standard InChI is InChI=1S/C11H10N6O2S/c18-20(19,11-5-12-6-14-11)16-9-1-3-10(4-2-9)17-8-13-7-15-17/h1-8,16H,(H,12,14). The maximum absolute atomic E-state index is 12.0. The zero-order chi connectivity index (χ0) is 14.0. The van der Waals surface area contributed by atoms with Gasteiger partial charge in [0.25, 0.3) is 10.0 Å². The van der Waals surface area contributed by atoms with Crippen LogP contribution in [0, 0.1) is 0 Å². The first-order chi connectivity index (χ1) is 9.65. The Kier molecular flexibility index (Phi) is 2.95. The Labute approximate surface area is 114 Å². The van der Waals surface area contributed by atoms with Crippen LogP contribution in [0.5, 0.6) is 0 Å². The first-order valence-corrected chi connectivity index (χ1v) is 7.10. The number of aromatic amines is 1. The van der Waals surface area contributed by atoms with Crippen LogP contribution >= 0.6 is 0 Å². The molecule has 20 heavy (non-hydrogen) atoms. The smallest absolute Gasteiger partial charge is 0.278 e. The number of imidazole rings is 1. The highest BCUT2D eigenvalue weighted by Crippen LogP contribution is 2.16. The summed E-state index contributed by atoms with van der Waals surface area (Å²) in [6.45, 7) is 0. The Balaban J connectivity index is 1.83. The van der Waals surface area contributed by atoms with Crippen LogP contribution in [0.15, 0.2) is 54.5 Å². The van der Waals surface area contributed by atoms with Crippen molar-refractivity contribution in [3.63, 3.8) is 0 Å². The molecule has 0 radical (unpaired) electrons. The van der Waals surface area contributed by atoms with Gasteiger partial charge in [-0.05, 0) is 24.3 Å². The number of rotatable bonds is 4. The van der Waals surface area contributed by atoms with Gasteiger partial charge in [-0.15, -0.1) is 0 Å². The van der Waals surface area contributed by atoms with Crippen LogP contribution < -0.4 is 4.72 Å². The summed E-state index contributed by atoms with van der Waals surface area (Å²) in [6.07, 6.45) is 5.53. The van der Waals surface area contributed by atoms with Gasteiger partial charge in [-0.1, -0.05) is 0 Å². The van der Waals surface area contributed by atoms with Gasteiger partial charge in [-0.25, -0.2) is 14.6 Å². The molecule has 3 rings (SSSR count). The number of anilines is 1. The number of sulfonamides is 1. The lowest BCUT2D eigenvalue weighted by atomic mass is 10.3. The Hall–Kier alpha value is -2.68. The molecule has 1 aromatic carbocycles. The van der Waals surface area contributed by atoms with Crippen molar-refractivity contribution in [3.8, 4) is 5.69 Å². The Morgan fingerprint density at radius 2 is 1.95 bits per heavy atom. The molecule has 2 aromatic heterocycles. The summed E-state index contributed by atoms with van der Waals surface area (Å²) in [5.41, 5.74) is 1.23. The number of nitrogens with zero attached hydrogens (tertiary/aromatic N) is 4. The van der Waals surface area contributed by atoms with E-state index in [1.54, 1.807) is 35.3 Å². The van der Waals surface area contributed by atoms with Crippen LogP contribution in [-0.2, 0) is 10.0 Å². The molecule has 3 aromatic rings. The largest absolute Gasteiger partial charge is 0.334 e. The molecule has 2 heterocycles. The van der Waals surface area contributed by atoms with E-state index in [-0.39, 0.29) is 5.03 Å². The van der Waals surface area contributed by atoms with E-state index in [1.807, 2.05) is 0 Å². The number of nitrogens with one attached hydrogen (secondary N) is 2. The molecule has 0 aliphatic carbocycles. The van der Waals surface area contributed by atoms with Crippen LogP contribution in [0.2, 0.25) is 0 Å². The topological polar surface area (TPSA) is 106 Å². The van der Waals surface area contributed by atoms with E-state index in [9.17, 15) is 8.42 Å². The summed E-state index contributed by atoms with van der Waals surface area (Å²) in [7, 11) is -3.64. The van der Waals surface area contributed by atoms with Gasteiger partial charge in [0.05, 0.1) is 18.2 Å². The predicted molar refractivity (Wildman–Crippen MR) is 70.8 cm³/mol. The van der Waals surface area contributed by atoms with Crippen LogP contribution in [0.25, 0.3) is 5.69 Å². The van der Waals surface area contributed by atoms with Gasteiger partial charge < -0.3 is 4.98 Å². The number of benzene rings is 1. The Morgan fingerprint density at radius 3 is 2.55 bits per heavy atom. The summed E-state index contributed by atoms with van der Waals surface area (Å²) < 4.78 is 28.0. The van der Waals surface area contributed by atoms with Gasteiger partial charge in [-0.2, -0.15) is 13.5 Å². The molecule has 8 nitrogen and oxygen atoms in total. The zero-order valence-electron chi connectivity index (χ0n) is 10.1. The van der Waals surface area contributed by atoms with Crippen molar-refractivity contribution in [1.29, 1.82) is 0 Å². The van der Waals surface area contributed by atoms with Gasteiger partial charge in [0.15, 0.2) is 5.03 Å². The third-order valence-corrected chi connectivity index (χ3v) is 3.87. The van der Waals surface area contributed by atoms with E-state index >= 15 is 0 Å². The number of H-pyrrole nitrogens is 1. The second-order valence-electron chi connectivity index (χ2n) is 3.91. The van der Waals surface area contributed by atoms with E-state index in [4.69, 9.17) is 0 Å². The van der Waals surface area contributed by atoms with Crippen molar-refractivity contribution in [1.82, 2.24) is 24.7 Å². The normalized spacial score (nSPS) is 11.4. The fourth-order valence-electron chi connectivity index (χ4n) is 1.62. The van der Waals surface area contributed by atoms with Crippen molar-refractivity contribution >= 4 is 15.7 Å². The average Bonchev–Trinajstić information content (AvgIpc) is 3.13. The van der Waals surface area contributed by atoms with Crippen molar-refractivity contribution in [2.24, 2.45) is 0 Å². The SMILES string of the molecule is O=S(=O)(Nc1ccc(-n2cncn2)cc1)c1cnc[nH]1. The van der Waals surface area contributed by atoms with E-state index < -0.39 is 10.0 Å².